The second kappa shape index (κ2) is 6.72. The van der Waals surface area contributed by atoms with E-state index >= 15 is 0 Å². The predicted octanol–water partition coefficient (Wildman–Crippen LogP) is 3.17. The summed E-state index contributed by atoms with van der Waals surface area (Å²) in [5.41, 5.74) is 1.09. The number of carbonyl (C=O) groups excluding carboxylic acids is 1. The van der Waals surface area contributed by atoms with E-state index in [4.69, 9.17) is 4.74 Å². The van der Waals surface area contributed by atoms with Gasteiger partial charge in [-0.2, -0.15) is 9.50 Å². The van der Waals surface area contributed by atoms with Crippen molar-refractivity contribution in [3.8, 4) is 0 Å². The first-order chi connectivity index (χ1) is 12.4. The van der Waals surface area contributed by atoms with Crippen LogP contribution in [0.3, 0.4) is 0 Å². The van der Waals surface area contributed by atoms with Gasteiger partial charge in [-0.05, 0) is 60.5 Å². The number of amides is 1. The second-order valence-corrected chi connectivity index (χ2v) is 11.3. The van der Waals surface area contributed by atoms with E-state index in [-0.39, 0.29) is 11.5 Å². The first kappa shape index (κ1) is 20.0. The molecule has 1 amide bonds. The molecule has 0 bridgehead atoms. The number of hydrogen-bond acceptors (Lipinski definition) is 4. The first-order valence-electron chi connectivity index (χ1n) is 9.43. The summed E-state index contributed by atoms with van der Waals surface area (Å²) in [7, 11) is -1.34. The Hall–Kier alpha value is -1.70. The zero-order chi connectivity index (χ0) is 20.0. The summed E-state index contributed by atoms with van der Waals surface area (Å²) >= 11 is 0. The fraction of sp³-hybridized carbons (Fsp3) is 0.737. The molecule has 3 heterocycles. The number of piperidine rings is 1. The number of likely N-dealkylation sites (tertiary alicyclic amines) is 1. The number of nitrogens with zero attached hydrogens (tertiary/aromatic N) is 4. The van der Waals surface area contributed by atoms with Crippen LogP contribution in [-0.2, 0) is 22.3 Å². The van der Waals surface area contributed by atoms with Gasteiger partial charge in [-0.1, -0.05) is 0 Å². The highest BCUT2D eigenvalue weighted by Crippen LogP contribution is 2.42. The lowest BCUT2D eigenvalue weighted by Crippen LogP contribution is -2.47. The van der Waals surface area contributed by atoms with Crippen molar-refractivity contribution in [2.45, 2.75) is 71.3 Å². The smallest absolute Gasteiger partial charge is 0.410 e. The maximum absolute atomic E-state index is 12.7. The van der Waals surface area contributed by atoms with Crippen LogP contribution in [0.15, 0.2) is 16.7 Å². The standard InChI is InChI=1S/C19H30N4O3S/c1-17(2,3)26-16(24)22-11-8-19(9-12-22)13-23-14(7-10-20-23)15(19)21-27(25)18(4,5)6/h7,10H,8-9,11-13H2,1-6H3/b21-15+/t27-/m0/s1. The largest absolute Gasteiger partial charge is 0.444 e. The molecule has 1 aromatic heterocycles. The van der Waals surface area contributed by atoms with Crippen LogP contribution in [0.1, 0.15) is 60.1 Å². The maximum Gasteiger partial charge on any atom is 0.410 e. The van der Waals surface area contributed by atoms with Crippen molar-refractivity contribution in [2.75, 3.05) is 13.1 Å². The molecule has 1 saturated heterocycles. The Morgan fingerprint density at radius 1 is 1.22 bits per heavy atom. The molecule has 0 aromatic carbocycles. The second-order valence-electron chi connectivity index (χ2n) is 9.42. The van der Waals surface area contributed by atoms with Gasteiger partial charge in [-0.3, -0.25) is 4.68 Å². The van der Waals surface area contributed by atoms with Gasteiger partial charge in [0, 0.05) is 24.7 Å². The number of aromatic nitrogens is 2. The van der Waals surface area contributed by atoms with Gasteiger partial charge in [0.1, 0.15) is 16.6 Å². The maximum atomic E-state index is 12.7. The van der Waals surface area contributed by atoms with E-state index in [1.165, 1.54) is 0 Å². The Bertz CT molecular complexity index is 778. The third-order valence-corrected chi connectivity index (χ3v) is 6.38. The van der Waals surface area contributed by atoms with Crippen molar-refractivity contribution in [3.05, 3.63) is 18.0 Å². The van der Waals surface area contributed by atoms with E-state index in [9.17, 15) is 9.00 Å². The predicted molar refractivity (Wildman–Crippen MR) is 106 cm³/mol. The fourth-order valence-electron chi connectivity index (χ4n) is 3.50. The number of carbonyl (C=O) groups is 1. The van der Waals surface area contributed by atoms with Crippen LogP contribution in [0.5, 0.6) is 0 Å². The highest BCUT2D eigenvalue weighted by atomic mass is 32.2. The van der Waals surface area contributed by atoms with Crippen molar-refractivity contribution in [2.24, 2.45) is 9.81 Å². The van der Waals surface area contributed by atoms with Crippen LogP contribution in [0.25, 0.3) is 0 Å². The molecular weight excluding hydrogens is 364 g/mol. The topological polar surface area (TPSA) is 76.8 Å². The van der Waals surface area contributed by atoms with Crippen molar-refractivity contribution in [1.29, 1.82) is 0 Å². The summed E-state index contributed by atoms with van der Waals surface area (Å²) in [4.78, 5) is 14.1. The third kappa shape index (κ3) is 4.10. The quantitative estimate of drug-likeness (QED) is 0.733. The van der Waals surface area contributed by atoms with Gasteiger partial charge < -0.3 is 9.64 Å². The summed E-state index contributed by atoms with van der Waals surface area (Å²) in [5.74, 6) is 0. The van der Waals surface area contributed by atoms with Gasteiger partial charge in [0.2, 0.25) is 0 Å². The fourth-order valence-corrected chi connectivity index (χ4v) is 4.22. The van der Waals surface area contributed by atoms with E-state index in [1.54, 1.807) is 11.1 Å². The molecule has 27 heavy (non-hydrogen) atoms. The molecule has 1 aromatic rings. The molecule has 0 aliphatic carbocycles. The zero-order valence-electron chi connectivity index (χ0n) is 17.1. The lowest BCUT2D eigenvalue weighted by Gasteiger charge is -2.39. The number of hydrogen-bond donors (Lipinski definition) is 0. The average molecular weight is 395 g/mol. The molecule has 2 aliphatic heterocycles. The van der Waals surface area contributed by atoms with Crippen molar-refractivity contribution >= 4 is 22.8 Å². The van der Waals surface area contributed by atoms with Gasteiger partial charge in [0.05, 0.1) is 22.7 Å². The van der Waals surface area contributed by atoms with Crippen LogP contribution >= 0.6 is 0 Å². The molecule has 0 N–H and O–H groups in total. The number of fused-ring (bicyclic) bond motifs is 1. The van der Waals surface area contributed by atoms with Crippen LogP contribution < -0.4 is 0 Å². The van der Waals surface area contributed by atoms with Crippen LogP contribution in [0.4, 0.5) is 4.79 Å². The monoisotopic (exact) mass is 394 g/mol. The molecule has 8 heteroatoms. The minimum atomic E-state index is -1.34. The lowest BCUT2D eigenvalue weighted by molar-refractivity contribution is 0.0150. The Morgan fingerprint density at radius 3 is 2.41 bits per heavy atom. The van der Waals surface area contributed by atoms with E-state index in [0.717, 1.165) is 30.8 Å². The Morgan fingerprint density at radius 2 is 1.85 bits per heavy atom. The molecule has 7 nitrogen and oxygen atoms in total. The molecule has 3 rings (SSSR count). The van der Waals surface area contributed by atoms with Gasteiger partial charge in [-0.15, -0.1) is 0 Å². The molecule has 1 atom stereocenters. The minimum absolute atomic E-state index is 0.219. The molecule has 1 spiro atoms. The van der Waals surface area contributed by atoms with E-state index < -0.39 is 21.3 Å². The Labute approximate surface area is 163 Å². The van der Waals surface area contributed by atoms with Crippen LogP contribution in [0, 0.1) is 5.41 Å². The molecule has 2 aliphatic rings. The van der Waals surface area contributed by atoms with Gasteiger partial charge in [0.25, 0.3) is 0 Å². The molecule has 150 valence electrons. The summed E-state index contributed by atoms with van der Waals surface area (Å²) in [6.07, 6.45) is 3.00. The number of rotatable bonds is 1. The third-order valence-electron chi connectivity index (χ3n) is 4.98. The van der Waals surface area contributed by atoms with Crippen LogP contribution in [0.2, 0.25) is 0 Å². The molecule has 0 radical (unpaired) electrons. The van der Waals surface area contributed by atoms with E-state index in [2.05, 4.69) is 9.50 Å². The summed E-state index contributed by atoms with van der Waals surface area (Å²) in [6.45, 7) is 13.3. The Balaban J connectivity index is 1.82. The van der Waals surface area contributed by atoms with Gasteiger partial charge in [-0.25, -0.2) is 9.00 Å². The van der Waals surface area contributed by atoms with Gasteiger partial charge >= 0.3 is 6.09 Å². The summed E-state index contributed by atoms with van der Waals surface area (Å²) in [6, 6.07) is 1.94. The summed E-state index contributed by atoms with van der Waals surface area (Å²) < 4.78 is 24.4. The Kier molecular flexibility index (Phi) is 4.99. The highest BCUT2D eigenvalue weighted by molar-refractivity contribution is 7.85. The van der Waals surface area contributed by atoms with Crippen molar-refractivity contribution in [3.63, 3.8) is 0 Å². The van der Waals surface area contributed by atoms with Crippen LogP contribution in [-0.4, -0.2) is 54.1 Å². The summed E-state index contributed by atoms with van der Waals surface area (Å²) in [5, 5.41) is 4.40. The first-order valence-corrected chi connectivity index (χ1v) is 10.5. The van der Waals surface area contributed by atoms with E-state index in [0.29, 0.717) is 13.1 Å². The normalized spacial score (nSPS) is 22.1. The molecule has 1 fully saturated rings. The van der Waals surface area contributed by atoms with Crippen molar-refractivity contribution in [1.82, 2.24) is 14.7 Å². The SMILES string of the molecule is CC(C)(C)OC(=O)N1CCC2(CC1)Cn1nccc1/C2=N\[S@@](=O)C(C)(C)C. The number of ether oxygens (including phenoxy) is 1. The van der Waals surface area contributed by atoms with Gasteiger partial charge in [0.15, 0.2) is 0 Å². The lowest BCUT2D eigenvalue weighted by atomic mass is 9.75. The molecule has 0 unspecified atom stereocenters. The van der Waals surface area contributed by atoms with E-state index in [1.807, 2.05) is 52.3 Å². The molecule has 0 saturated carbocycles. The minimum Gasteiger partial charge on any atom is -0.444 e. The molecular formula is C19H30N4O3S. The highest BCUT2D eigenvalue weighted by Gasteiger charge is 2.48. The zero-order valence-corrected chi connectivity index (χ0v) is 17.9. The average Bonchev–Trinajstić information content (AvgIpc) is 3.07. The van der Waals surface area contributed by atoms with Crippen molar-refractivity contribution < 1.29 is 13.7 Å².